The highest BCUT2D eigenvalue weighted by molar-refractivity contribution is 7.10. The molecule has 0 radical (unpaired) electrons. The molecule has 5 heterocycles. The van der Waals surface area contributed by atoms with Crippen molar-refractivity contribution in [3.05, 3.63) is 60.9 Å². The van der Waals surface area contributed by atoms with Gasteiger partial charge >= 0.3 is 0 Å². The van der Waals surface area contributed by atoms with Gasteiger partial charge in [-0.25, -0.2) is 4.98 Å². The molecule has 146 valence electrons. The summed E-state index contributed by atoms with van der Waals surface area (Å²) in [5, 5.41) is 7.41. The number of aryl methyl sites for hydroxylation is 1. The number of carbonyl (C=O) groups is 1. The van der Waals surface area contributed by atoms with Crippen LogP contribution >= 0.6 is 34.0 Å². The Balaban J connectivity index is 1.42. The normalized spacial score (nSPS) is 25.4. The van der Waals surface area contributed by atoms with Gasteiger partial charge in [0.2, 0.25) is 5.91 Å². The summed E-state index contributed by atoms with van der Waals surface area (Å²) >= 11 is 5.25. The van der Waals surface area contributed by atoms with Gasteiger partial charge in [0.05, 0.1) is 17.0 Å². The molecule has 0 aliphatic carbocycles. The highest BCUT2D eigenvalue weighted by atomic mass is 32.1. The summed E-state index contributed by atoms with van der Waals surface area (Å²) in [5.74, 6) is 0.528. The van der Waals surface area contributed by atoms with E-state index in [4.69, 9.17) is 0 Å². The molecular weight excluding hydrogens is 406 g/mol. The van der Waals surface area contributed by atoms with Gasteiger partial charge < -0.3 is 4.90 Å². The van der Waals surface area contributed by atoms with Crippen molar-refractivity contribution in [1.29, 1.82) is 0 Å². The Morgan fingerprint density at radius 2 is 2.11 bits per heavy atom. The van der Waals surface area contributed by atoms with Crippen LogP contribution in [0.3, 0.4) is 0 Å². The van der Waals surface area contributed by atoms with Gasteiger partial charge in [-0.1, -0.05) is 6.07 Å². The molecule has 28 heavy (non-hydrogen) atoms. The first-order chi connectivity index (χ1) is 13.7. The monoisotopic (exact) mass is 429 g/mol. The second-order valence-corrected chi connectivity index (χ2v) is 10.8. The van der Waals surface area contributed by atoms with E-state index in [1.165, 1.54) is 15.3 Å². The van der Waals surface area contributed by atoms with Crippen LogP contribution < -0.4 is 0 Å². The quantitative estimate of drug-likeness (QED) is 0.595. The van der Waals surface area contributed by atoms with Crippen LogP contribution in [0.4, 0.5) is 0 Å². The summed E-state index contributed by atoms with van der Waals surface area (Å²) in [4.78, 5) is 25.5. The second kappa shape index (κ2) is 7.37. The molecule has 2 aliphatic heterocycles. The molecular formula is C21H23N3OS3. The van der Waals surface area contributed by atoms with Gasteiger partial charge in [0, 0.05) is 53.4 Å². The maximum absolute atomic E-state index is 13.7. The van der Waals surface area contributed by atoms with Crippen LogP contribution in [0.25, 0.3) is 0 Å². The lowest BCUT2D eigenvalue weighted by atomic mass is 9.77. The minimum atomic E-state index is -0.319. The molecule has 7 heteroatoms. The minimum Gasteiger partial charge on any atom is -0.337 e. The number of thiophene rings is 2. The third-order valence-electron chi connectivity index (χ3n) is 6.17. The molecule has 2 atom stereocenters. The molecule has 4 nitrogen and oxygen atoms in total. The standard InChI is InChI=1S/C21H23N3OS3/c1-15-4-9-27-18(15)13-23-12-17(19-22-6-10-28-19)21(14-23)5-7-24(20(21)25)11-16-3-2-8-26-16/h2-4,6,8-10,17H,5,7,11-14H2,1H3/t17-,21+/m1/s1. The number of likely N-dealkylation sites (tertiary alicyclic amines) is 2. The number of thiazole rings is 1. The predicted octanol–water partition coefficient (Wildman–Crippen LogP) is 4.59. The first-order valence-electron chi connectivity index (χ1n) is 9.62. The van der Waals surface area contributed by atoms with E-state index in [1.807, 2.05) is 22.9 Å². The number of hydrogen-bond acceptors (Lipinski definition) is 6. The van der Waals surface area contributed by atoms with Gasteiger partial charge in [0.15, 0.2) is 0 Å². The smallest absolute Gasteiger partial charge is 0.231 e. The van der Waals surface area contributed by atoms with Crippen molar-refractivity contribution in [2.24, 2.45) is 5.41 Å². The van der Waals surface area contributed by atoms with Crippen LogP contribution in [0.15, 0.2) is 40.5 Å². The van der Waals surface area contributed by atoms with Crippen molar-refractivity contribution in [2.75, 3.05) is 19.6 Å². The van der Waals surface area contributed by atoms with Crippen LogP contribution in [0.1, 0.15) is 32.7 Å². The molecule has 5 rings (SSSR count). The Bertz CT molecular complexity index is 950. The van der Waals surface area contributed by atoms with E-state index in [0.717, 1.165) is 44.2 Å². The molecule has 3 aromatic rings. The predicted molar refractivity (Wildman–Crippen MR) is 116 cm³/mol. The summed E-state index contributed by atoms with van der Waals surface area (Å²) in [6.07, 6.45) is 2.81. The van der Waals surface area contributed by atoms with E-state index in [1.54, 1.807) is 22.7 Å². The Kier molecular flexibility index (Phi) is 4.87. The van der Waals surface area contributed by atoms with Crippen molar-refractivity contribution >= 4 is 39.9 Å². The third-order valence-corrected chi connectivity index (χ3v) is 8.92. The van der Waals surface area contributed by atoms with E-state index in [9.17, 15) is 4.79 Å². The molecule has 0 bridgehead atoms. The summed E-state index contributed by atoms with van der Waals surface area (Å²) in [6.45, 7) is 6.47. The fourth-order valence-electron chi connectivity index (χ4n) is 4.69. The van der Waals surface area contributed by atoms with Crippen molar-refractivity contribution in [3.8, 4) is 0 Å². The third kappa shape index (κ3) is 3.14. The summed E-state index contributed by atoms with van der Waals surface area (Å²) in [5.41, 5.74) is 1.04. The van der Waals surface area contributed by atoms with Crippen LogP contribution in [0, 0.1) is 12.3 Å². The van der Waals surface area contributed by atoms with Gasteiger partial charge in [-0.05, 0) is 41.8 Å². The number of rotatable bonds is 5. The van der Waals surface area contributed by atoms with Gasteiger partial charge in [-0.15, -0.1) is 34.0 Å². The van der Waals surface area contributed by atoms with Crippen LogP contribution in [-0.2, 0) is 17.9 Å². The van der Waals surface area contributed by atoms with Crippen molar-refractivity contribution in [1.82, 2.24) is 14.8 Å². The van der Waals surface area contributed by atoms with E-state index >= 15 is 0 Å². The number of hydrogen-bond donors (Lipinski definition) is 0. The van der Waals surface area contributed by atoms with E-state index in [-0.39, 0.29) is 11.3 Å². The number of carbonyl (C=O) groups excluding carboxylic acids is 1. The highest BCUT2D eigenvalue weighted by Gasteiger charge is 2.57. The first-order valence-corrected chi connectivity index (χ1v) is 12.3. The second-order valence-electron chi connectivity index (χ2n) is 7.83. The molecule has 0 N–H and O–H groups in total. The molecule has 1 spiro atoms. The first kappa shape index (κ1) is 18.5. The van der Waals surface area contributed by atoms with Crippen LogP contribution in [0.2, 0.25) is 0 Å². The molecule has 1 amide bonds. The highest BCUT2D eigenvalue weighted by Crippen LogP contribution is 2.51. The van der Waals surface area contributed by atoms with Crippen molar-refractivity contribution < 1.29 is 4.79 Å². The van der Waals surface area contributed by atoms with Crippen molar-refractivity contribution in [3.63, 3.8) is 0 Å². The molecule has 2 fully saturated rings. The van der Waals surface area contributed by atoms with Gasteiger partial charge in [0.25, 0.3) is 0 Å². The number of nitrogens with zero attached hydrogens (tertiary/aromatic N) is 3. The van der Waals surface area contributed by atoms with Crippen LogP contribution in [0.5, 0.6) is 0 Å². The topological polar surface area (TPSA) is 36.4 Å². The summed E-state index contributed by atoms with van der Waals surface area (Å²) in [7, 11) is 0. The zero-order valence-corrected chi connectivity index (χ0v) is 18.3. The molecule has 0 saturated carbocycles. The SMILES string of the molecule is Cc1ccsc1CN1C[C@H](c2nccs2)[C@]2(CCN(Cc3cccs3)C2=O)C1. The van der Waals surface area contributed by atoms with Crippen LogP contribution in [-0.4, -0.2) is 40.3 Å². The maximum atomic E-state index is 13.7. The largest absolute Gasteiger partial charge is 0.337 e. The number of aromatic nitrogens is 1. The molecule has 0 unspecified atom stereocenters. The number of amides is 1. The average molecular weight is 430 g/mol. The minimum absolute atomic E-state index is 0.202. The summed E-state index contributed by atoms with van der Waals surface area (Å²) < 4.78 is 0. The lowest BCUT2D eigenvalue weighted by molar-refractivity contribution is -0.136. The molecule has 2 aliphatic rings. The lowest BCUT2D eigenvalue weighted by Crippen LogP contribution is -2.39. The van der Waals surface area contributed by atoms with E-state index in [2.05, 4.69) is 50.7 Å². The summed E-state index contributed by atoms with van der Waals surface area (Å²) in [6, 6.07) is 6.38. The Morgan fingerprint density at radius 1 is 1.18 bits per heavy atom. The van der Waals surface area contributed by atoms with Gasteiger partial charge in [-0.3, -0.25) is 9.69 Å². The van der Waals surface area contributed by atoms with E-state index < -0.39 is 0 Å². The fourth-order valence-corrected chi connectivity index (χ4v) is 7.20. The Hall–Kier alpha value is -1.54. The Morgan fingerprint density at radius 3 is 2.82 bits per heavy atom. The molecule has 3 aromatic heterocycles. The van der Waals surface area contributed by atoms with E-state index in [0.29, 0.717) is 5.91 Å². The maximum Gasteiger partial charge on any atom is 0.231 e. The van der Waals surface area contributed by atoms with Crippen molar-refractivity contribution in [2.45, 2.75) is 32.4 Å². The lowest BCUT2D eigenvalue weighted by Gasteiger charge is -2.27. The zero-order chi connectivity index (χ0) is 19.1. The average Bonchev–Trinajstić information content (AvgIpc) is 3.48. The van der Waals surface area contributed by atoms with Gasteiger partial charge in [0.1, 0.15) is 0 Å². The molecule has 2 saturated heterocycles. The Labute approximate surface area is 177 Å². The molecule has 0 aromatic carbocycles. The van der Waals surface area contributed by atoms with Gasteiger partial charge in [-0.2, -0.15) is 0 Å². The zero-order valence-electron chi connectivity index (χ0n) is 15.8. The fraction of sp³-hybridized carbons (Fsp3) is 0.429.